The molecule has 0 radical (unpaired) electrons. The van der Waals surface area contributed by atoms with Crippen LogP contribution in [0.25, 0.3) is 32.1 Å². The number of nitrogen functional groups attached to an aromatic ring is 1. The number of ether oxygens (including phenoxy) is 2. The highest BCUT2D eigenvalue weighted by atomic mass is 35.5. The third-order valence-electron chi connectivity index (χ3n) is 13.0. The zero-order valence-corrected chi connectivity index (χ0v) is 32.8. The number of nitriles is 1. The molecule has 3 aromatic heterocycles. The van der Waals surface area contributed by atoms with E-state index >= 15 is 8.78 Å². The van der Waals surface area contributed by atoms with Gasteiger partial charge in [0.1, 0.15) is 53.9 Å². The fraction of sp³-hybridized carbons (Fsp3) is 0.475. The van der Waals surface area contributed by atoms with Gasteiger partial charge in [-0.05, 0) is 56.2 Å². The van der Waals surface area contributed by atoms with Crippen molar-refractivity contribution in [1.82, 2.24) is 29.3 Å². The van der Waals surface area contributed by atoms with E-state index in [9.17, 15) is 14.4 Å². The van der Waals surface area contributed by atoms with Gasteiger partial charge in [0.05, 0.1) is 32.3 Å². The lowest BCUT2D eigenvalue weighted by Gasteiger charge is -2.53. The Morgan fingerprint density at radius 2 is 2.04 bits per heavy atom. The second kappa shape index (κ2) is 13.1. The van der Waals surface area contributed by atoms with E-state index in [2.05, 4.69) is 32.8 Å². The number of alkyl halides is 1. The number of hydrogen-bond donors (Lipinski definition) is 1. The minimum absolute atomic E-state index is 0.0159. The molecule has 7 heterocycles. The van der Waals surface area contributed by atoms with E-state index in [1.807, 2.05) is 11.8 Å². The van der Waals surface area contributed by atoms with E-state index < -0.39 is 23.3 Å². The summed E-state index contributed by atoms with van der Waals surface area (Å²) in [6, 6.07) is 4.04. The first-order valence-electron chi connectivity index (χ1n) is 19.3. The molecular weight excluding hydrogens is 779 g/mol. The summed E-state index contributed by atoms with van der Waals surface area (Å²) in [6.45, 7) is 6.50. The van der Waals surface area contributed by atoms with E-state index in [1.165, 1.54) is 23.0 Å². The van der Waals surface area contributed by atoms with Gasteiger partial charge < -0.3 is 25.0 Å². The number of halogens is 4. The summed E-state index contributed by atoms with van der Waals surface area (Å²) in [5, 5.41) is 10.5. The molecule has 296 valence electrons. The van der Waals surface area contributed by atoms with Gasteiger partial charge in [0.25, 0.3) is 0 Å². The molecule has 10 rings (SSSR count). The summed E-state index contributed by atoms with van der Waals surface area (Å²) in [5.41, 5.74) is 5.51. The van der Waals surface area contributed by atoms with Crippen LogP contribution in [0.1, 0.15) is 51.5 Å². The summed E-state index contributed by atoms with van der Waals surface area (Å²) in [5.74, 6) is -0.897. The van der Waals surface area contributed by atoms with Gasteiger partial charge in [-0.25, -0.2) is 22.9 Å². The highest BCUT2D eigenvalue weighted by Crippen LogP contribution is 2.57. The van der Waals surface area contributed by atoms with Crippen LogP contribution in [0.5, 0.6) is 11.8 Å². The van der Waals surface area contributed by atoms with Gasteiger partial charge in [-0.2, -0.15) is 15.2 Å². The predicted molar refractivity (Wildman–Crippen MR) is 210 cm³/mol. The largest absolute Gasteiger partial charge is 0.489 e. The Bertz CT molecular complexity index is 2530. The van der Waals surface area contributed by atoms with E-state index in [0.717, 1.165) is 43.6 Å². The van der Waals surface area contributed by atoms with E-state index in [-0.39, 0.29) is 102 Å². The zero-order chi connectivity index (χ0) is 39.5. The molecule has 5 aromatic rings. The number of thiophene rings is 1. The number of likely N-dealkylation sites (tertiary alicyclic amines) is 1. The van der Waals surface area contributed by atoms with Gasteiger partial charge in [-0.1, -0.05) is 24.6 Å². The quantitative estimate of drug-likeness (QED) is 0.177. The van der Waals surface area contributed by atoms with Gasteiger partial charge in [0.15, 0.2) is 11.6 Å². The molecule has 0 bridgehead atoms. The topological polar surface area (TPSA) is 139 Å². The lowest BCUT2D eigenvalue weighted by molar-refractivity contribution is 0.00970. The highest BCUT2D eigenvalue weighted by Gasteiger charge is 2.58. The number of hydrogen-bond acceptors (Lipinski definition) is 11. The van der Waals surface area contributed by atoms with Crippen molar-refractivity contribution in [1.29, 1.82) is 5.26 Å². The maximum absolute atomic E-state index is 17.6. The van der Waals surface area contributed by atoms with E-state index in [4.69, 9.17) is 31.8 Å². The van der Waals surface area contributed by atoms with Crippen molar-refractivity contribution < 1.29 is 27.4 Å². The summed E-state index contributed by atoms with van der Waals surface area (Å²) < 4.78 is 62.0. The maximum Gasteiger partial charge on any atom is 0.329 e. The van der Waals surface area contributed by atoms with E-state index in [1.54, 1.807) is 12.4 Å². The van der Waals surface area contributed by atoms with Crippen molar-refractivity contribution in [2.24, 2.45) is 11.3 Å². The van der Waals surface area contributed by atoms with Crippen molar-refractivity contribution in [2.75, 3.05) is 50.0 Å². The monoisotopic (exact) mass is 817 g/mol. The first-order chi connectivity index (χ1) is 27.4. The van der Waals surface area contributed by atoms with E-state index in [0.29, 0.717) is 31.9 Å². The molecule has 5 aliphatic rings. The summed E-state index contributed by atoms with van der Waals surface area (Å²) in [6.07, 6.45) is 7.72. The van der Waals surface area contributed by atoms with Crippen LogP contribution >= 0.6 is 22.9 Å². The van der Waals surface area contributed by atoms with Gasteiger partial charge in [-0.3, -0.25) is 9.47 Å². The summed E-state index contributed by atoms with van der Waals surface area (Å²) in [4.78, 5) is 33.4. The van der Waals surface area contributed by atoms with Crippen molar-refractivity contribution in [2.45, 2.75) is 69.7 Å². The number of nitrogens with zero attached hydrogens (tertiary/aromatic N) is 8. The number of benzene rings is 2. The number of carbonyl (C=O) groups excluding carboxylic acids is 1. The molecule has 3 saturated heterocycles. The molecule has 1 saturated carbocycles. The van der Waals surface area contributed by atoms with Crippen LogP contribution in [-0.4, -0.2) is 98.5 Å². The Hall–Kier alpha value is -4.85. The molecule has 1 amide bonds. The lowest BCUT2D eigenvalue weighted by atomic mass is 9.77. The zero-order valence-electron chi connectivity index (χ0n) is 31.3. The molecule has 4 aliphatic heterocycles. The van der Waals surface area contributed by atoms with Crippen LogP contribution in [-0.2, 0) is 0 Å². The SMILES string of the molecule is C[C@H]1COc2c(Cl)c(-c3ccc(F)c4sc(N)c(C#N)c34)c(F)c3nc(OC[C@@]45CCCN4C[C@H](F)C5)nc(c23)N1C[C@@H]1CN(C(=O)n2ccnc2)[C@@H]1C1(C)CC1. The van der Waals surface area contributed by atoms with Crippen LogP contribution in [0.2, 0.25) is 5.02 Å². The Morgan fingerprint density at radius 3 is 2.79 bits per heavy atom. The number of aromatic nitrogens is 4. The minimum atomic E-state index is -0.977. The molecule has 2 N–H and O–H groups in total. The Kier molecular flexibility index (Phi) is 8.38. The lowest BCUT2D eigenvalue weighted by Crippen LogP contribution is -2.65. The molecule has 12 nitrogen and oxygen atoms in total. The van der Waals surface area contributed by atoms with Crippen molar-refractivity contribution in [3.8, 4) is 29.0 Å². The van der Waals surface area contributed by atoms with Crippen LogP contribution in [0.3, 0.4) is 0 Å². The molecule has 0 unspecified atom stereocenters. The first-order valence-corrected chi connectivity index (χ1v) is 20.4. The molecule has 4 fully saturated rings. The van der Waals surface area contributed by atoms with Crippen molar-refractivity contribution in [3.05, 3.63) is 53.1 Å². The predicted octanol–water partition coefficient (Wildman–Crippen LogP) is 7.40. The molecule has 17 heteroatoms. The summed E-state index contributed by atoms with van der Waals surface area (Å²) in [7, 11) is 0. The fourth-order valence-electron chi connectivity index (χ4n) is 9.95. The molecule has 2 aromatic carbocycles. The third-order valence-corrected chi connectivity index (χ3v) is 14.4. The van der Waals surface area contributed by atoms with Crippen LogP contribution in [0, 0.1) is 34.3 Å². The number of imidazole rings is 1. The van der Waals surface area contributed by atoms with Gasteiger partial charge >= 0.3 is 12.0 Å². The maximum atomic E-state index is 17.6. The molecule has 1 aliphatic carbocycles. The number of nitrogens with two attached hydrogens (primary N) is 1. The normalized spacial score (nSPS) is 26.3. The second-order valence-corrected chi connectivity index (χ2v) is 18.0. The molecule has 0 spiro atoms. The van der Waals surface area contributed by atoms with Crippen LogP contribution < -0.4 is 20.1 Å². The van der Waals surface area contributed by atoms with Crippen LogP contribution in [0.15, 0.2) is 30.9 Å². The van der Waals surface area contributed by atoms with Crippen LogP contribution in [0.4, 0.5) is 28.8 Å². The Morgan fingerprint density at radius 1 is 1.21 bits per heavy atom. The average Bonchev–Trinajstić information content (AvgIpc) is 3.56. The highest BCUT2D eigenvalue weighted by molar-refractivity contribution is 7.23. The third kappa shape index (κ3) is 5.55. The van der Waals surface area contributed by atoms with Gasteiger partial charge in [0.2, 0.25) is 0 Å². The molecule has 5 atom stereocenters. The fourth-order valence-corrected chi connectivity index (χ4v) is 11.2. The average molecular weight is 818 g/mol. The second-order valence-electron chi connectivity index (χ2n) is 16.6. The van der Waals surface area contributed by atoms with Gasteiger partial charge in [0, 0.05) is 61.4 Å². The summed E-state index contributed by atoms with van der Waals surface area (Å²) >= 11 is 8.08. The minimum Gasteiger partial charge on any atom is -0.489 e. The number of amides is 1. The van der Waals surface area contributed by atoms with Crippen molar-refractivity contribution in [3.63, 3.8) is 0 Å². The number of anilines is 2. The smallest absolute Gasteiger partial charge is 0.329 e. The first kappa shape index (κ1) is 36.5. The Labute approximate surface area is 334 Å². The van der Waals surface area contributed by atoms with Gasteiger partial charge in [-0.15, -0.1) is 11.3 Å². The molecular formula is C40H39ClF3N9O3S. The number of fused-ring (bicyclic) bond motifs is 2. The van der Waals surface area contributed by atoms with Crippen molar-refractivity contribution >= 4 is 60.8 Å². The standard InChI is InChI=1S/C40H39ClF3N9O3S/c1-20-17-55-32-28-31(30(44)27(29(32)41)23-4-5-25(43)33-26(23)24(13-45)35(46)57-33)48-37(56-18-40-6-3-10-51(40)16-22(42)12-40)49-36(28)52(20)14-21-15-53(34(21)39(2)7-8-39)38(54)50-11-9-47-19-50/h4-5,9,11,19-22,34H,3,6-8,10,12,14-18,46H2,1-2H3/t20-,21+,22+,34-,40-/m0/s1. The number of carbonyl (C=O) groups is 1. The Balaban J connectivity index is 1.12. The number of rotatable bonds is 7. The molecule has 57 heavy (non-hydrogen) atoms.